The third-order valence-electron chi connectivity index (χ3n) is 7.71. The largest absolute Gasteiger partial charge is 0.573 e. The highest BCUT2D eigenvalue weighted by atomic mass is 19.4. The van der Waals surface area contributed by atoms with Crippen molar-refractivity contribution in [1.82, 2.24) is 0 Å². The lowest BCUT2D eigenvalue weighted by atomic mass is 9.88. The topological polar surface area (TPSA) is 209 Å². The predicted molar refractivity (Wildman–Crippen MR) is 163 cm³/mol. The molecule has 0 aliphatic heterocycles. The first-order chi connectivity index (χ1) is 25.1. The normalized spacial score (nSPS) is 12.8. The molecule has 0 unspecified atom stereocenters. The molecule has 3 aromatic carbocycles. The van der Waals surface area contributed by atoms with Crippen LogP contribution in [0.15, 0.2) is 53.6 Å². The molecule has 5 rings (SSSR count). The highest BCUT2D eigenvalue weighted by Gasteiger charge is 2.42. The Balaban J connectivity index is 1.94. The predicted octanol–water partition coefficient (Wildman–Crippen LogP) is 7.86. The van der Waals surface area contributed by atoms with Crippen LogP contribution < -0.4 is 9.47 Å². The summed E-state index contributed by atoms with van der Waals surface area (Å²) in [4.78, 5) is 0. The Morgan fingerprint density at radius 2 is 0.868 bits per heavy atom. The van der Waals surface area contributed by atoms with Crippen molar-refractivity contribution in [2.75, 3.05) is 0 Å². The van der Waals surface area contributed by atoms with E-state index in [4.69, 9.17) is 0 Å². The summed E-state index contributed by atoms with van der Waals surface area (Å²) in [5.74, 6) is -3.52. The summed E-state index contributed by atoms with van der Waals surface area (Å²) in [6, 6.07) is 18.8. The van der Waals surface area contributed by atoms with Crippen molar-refractivity contribution in [2.24, 2.45) is 0 Å². The minimum Gasteiger partial charge on any atom is -0.404 e. The Bertz CT molecular complexity index is 2480. The van der Waals surface area contributed by atoms with E-state index in [0.29, 0.717) is 12.1 Å². The van der Waals surface area contributed by atoms with Crippen LogP contribution in [0.25, 0.3) is 33.4 Å². The van der Waals surface area contributed by atoms with Gasteiger partial charge in [0.2, 0.25) is 0 Å². The van der Waals surface area contributed by atoms with Gasteiger partial charge in [0.25, 0.3) is 0 Å². The van der Waals surface area contributed by atoms with Gasteiger partial charge in [-0.2, -0.15) is 42.1 Å². The fourth-order valence-electron chi connectivity index (χ4n) is 5.86. The molecule has 0 atom stereocenters. The number of hydrogen-bond acceptors (Lipinski definition) is 10. The Morgan fingerprint density at radius 3 is 1.15 bits per heavy atom. The zero-order chi connectivity index (χ0) is 39.0. The van der Waals surface area contributed by atoms with Gasteiger partial charge in [-0.1, -0.05) is 12.1 Å². The zero-order valence-corrected chi connectivity index (χ0v) is 25.6. The van der Waals surface area contributed by atoms with Gasteiger partial charge in [-0.25, -0.2) is 4.39 Å². The van der Waals surface area contributed by atoms with E-state index in [-0.39, 0.29) is 11.1 Å². The van der Waals surface area contributed by atoms with Gasteiger partial charge in [0.15, 0.2) is 0 Å². The SMILES string of the molecule is N#CC(C#N)=C1C(c2ccc(C#N)c(OC(F)(F)F)c2)=C(C#N)c2c1cc1c(c2F)C(C#N)=C(c2ccc(C#N)c(OC(F)(F)F)c2)C1=C(C#N)C#N. The van der Waals surface area contributed by atoms with E-state index >= 15 is 4.39 Å². The number of allylic oxidation sites excluding steroid dienone is 8. The van der Waals surface area contributed by atoms with Gasteiger partial charge in [-0.05, 0) is 52.6 Å². The maximum absolute atomic E-state index is 17.1. The van der Waals surface area contributed by atoms with Crippen LogP contribution in [0.4, 0.5) is 30.7 Å². The first kappa shape index (κ1) is 35.9. The van der Waals surface area contributed by atoms with Crippen molar-refractivity contribution >= 4 is 33.4 Å². The van der Waals surface area contributed by atoms with Gasteiger partial charge in [0.1, 0.15) is 77.0 Å². The fraction of sp³-hybridized carbons (Fsp3) is 0.0556. The molecule has 252 valence electrons. The lowest BCUT2D eigenvalue weighted by molar-refractivity contribution is -0.275. The number of halogens is 7. The highest BCUT2D eigenvalue weighted by Crippen LogP contribution is 2.56. The molecule has 2 aliphatic carbocycles. The van der Waals surface area contributed by atoms with Crippen LogP contribution in [-0.2, 0) is 0 Å². The van der Waals surface area contributed by atoms with Crippen LogP contribution in [0.3, 0.4) is 0 Å². The number of nitrogens with zero attached hydrogens (tertiary/aromatic N) is 8. The van der Waals surface area contributed by atoms with E-state index in [1.807, 2.05) is 0 Å². The van der Waals surface area contributed by atoms with Gasteiger partial charge in [0.05, 0.1) is 22.3 Å². The summed E-state index contributed by atoms with van der Waals surface area (Å²) in [6.07, 6.45) is -10.6. The molecule has 0 fully saturated rings. The number of nitriles is 8. The number of fused-ring (bicyclic) bond motifs is 2. The van der Waals surface area contributed by atoms with Gasteiger partial charge < -0.3 is 9.47 Å². The molecule has 0 aromatic heterocycles. The molecule has 2 aliphatic rings. The average Bonchev–Trinajstić information content (AvgIpc) is 3.61. The van der Waals surface area contributed by atoms with Crippen molar-refractivity contribution in [1.29, 1.82) is 42.1 Å². The van der Waals surface area contributed by atoms with Crippen molar-refractivity contribution in [3.05, 3.63) is 104 Å². The van der Waals surface area contributed by atoms with E-state index in [0.717, 1.165) is 30.3 Å². The van der Waals surface area contributed by atoms with Crippen molar-refractivity contribution in [2.45, 2.75) is 12.7 Å². The van der Waals surface area contributed by atoms with Crippen molar-refractivity contribution in [3.8, 4) is 60.1 Å². The number of rotatable bonds is 4. The van der Waals surface area contributed by atoms with E-state index in [1.54, 1.807) is 36.4 Å². The van der Waals surface area contributed by atoms with Crippen molar-refractivity contribution < 1.29 is 40.2 Å². The lowest BCUT2D eigenvalue weighted by Gasteiger charge is -2.14. The summed E-state index contributed by atoms with van der Waals surface area (Å²) in [5, 5.41) is 79.0. The molecule has 0 spiro atoms. The summed E-state index contributed by atoms with van der Waals surface area (Å²) >= 11 is 0. The van der Waals surface area contributed by atoms with Crippen molar-refractivity contribution in [3.63, 3.8) is 0 Å². The van der Waals surface area contributed by atoms with E-state index in [2.05, 4.69) is 9.47 Å². The molecule has 0 amide bonds. The molecule has 0 saturated carbocycles. The molecule has 0 saturated heterocycles. The quantitative estimate of drug-likeness (QED) is 0.188. The van der Waals surface area contributed by atoms with Crippen LogP contribution >= 0.6 is 0 Å². The second-order valence-electron chi connectivity index (χ2n) is 10.4. The maximum Gasteiger partial charge on any atom is 0.573 e. The van der Waals surface area contributed by atoms with Crippen LogP contribution in [0.1, 0.15) is 44.5 Å². The average molecular weight is 716 g/mol. The van der Waals surface area contributed by atoms with Gasteiger partial charge in [0, 0.05) is 33.4 Å². The van der Waals surface area contributed by atoms with Gasteiger partial charge in [-0.3, -0.25) is 0 Å². The molecule has 53 heavy (non-hydrogen) atoms. The lowest BCUT2D eigenvalue weighted by Crippen LogP contribution is -2.18. The summed E-state index contributed by atoms with van der Waals surface area (Å²) in [6.45, 7) is 0. The third kappa shape index (κ3) is 6.07. The van der Waals surface area contributed by atoms with Crippen LogP contribution in [0, 0.1) is 96.5 Å². The minimum absolute atomic E-state index is 0.356. The van der Waals surface area contributed by atoms with E-state index < -0.39 is 108 Å². The second kappa shape index (κ2) is 13.2. The standard InChI is InChI=1S/C36H7F7N8O2/c37-34-32-22(30(20(10-46)11-47)28(24(32)14-50)16-1-3-18(8-44)26(5-16)52-35(38,39)40)7-23-31(21(12-48)13-49)29(25(15-51)33(23)34)17-2-4-19(9-45)27(6-17)53-36(41,42)43/h1-7H. The molecule has 3 aromatic rings. The van der Waals surface area contributed by atoms with E-state index in [1.165, 1.54) is 12.1 Å². The number of alkyl halides is 6. The highest BCUT2D eigenvalue weighted by molar-refractivity contribution is 6.30. The van der Waals surface area contributed by atoms with Gasteiger partial charge in [-0.15, -0.1) is 26.3 Å². The van der Waals surface area contributed by atoms with Crippen LogP contribution in [0.2, 0.25) is 0 Å². The summed E-state index contributed by atoms with van der Waals surface area (Å²) in [7, 11) is 0. The Hall–Kier alpha value is -8.35. The Kier molecular flexibility index (Phi) is 8.93. The molecule has 0 bridgehead atoms. The molecule has 0 heterocycles. The van der Waals surface area contributed by atoms with E-state index in [9.17, 15) is 68.4 Å². The molecule has 0 N–H and O–H groups in total. The third-order valence-corrected chi connectivity index (χ3v) is 7.71. The molecule has 17 heteroatoms. The monoisotopic (exact) mass is 716 g/mol. The fourth-order valence-corrected chi connectivity index (χ4v) is 5.86. The first-order valence-electron chi connectivity index (χ1n) is 14.0. The molecular formula is C36H7F7N8O2. The smallest absolute Gasteiger partial charge is 0.404 e. The number of hydrogen-bond donors (Lipinski definition) is 0. The zero-order valence-electron chi connectivity index (χ0n) is 25.6. The molecule has 0 radical (unpaired) electrons. The summed E-state index contributed by atoms with van der Waals surface area (Å²) in [5.41, 5.74) is -9.03. The molecule has 10 nitrogen and oxygen atoms in total. The minimum atomic E-state index is -5.31. The summed E-state index contributed by atoms with van der Waals surface area (Å²) < 4.78 is 104. The van der Waals surface area contributed by atoms with Gasteiger partial charge >= 0.3 is 12.7 Å². The van der Waals surface area contributed by atoms with Crippen LogP contribution in [-0.4, -0.2) is 12.7 Å². The Labute approximate surface area is 292 Å². The number of benzene rings is 3. The maximum atomic E-state index is 17.1. The first-order valence-corrected chi connectivity index (χ1v) is 14.0. The van der Waals surface area contributed by atoms with Crippen LogP contribution in [0.5, 0.6) is 11.5 Å². The molecular weight excluding hydrogens is 709 g/mol. The number of ether oxygens (including phenoxy) is 2. The second-order valence-corrected chi connectivity index (χ2v) is 10.4. The Morgan fingerprint density at radius 1 is 0.509 bits per heavy atom.